The molecule has 2 saturated heterocycles. The van der Waals surface area contributed by atoms with Gasteiger partial charge in [-0.3, -0.25) is 14.9 Å². The lowest BCUT2D eigenvalue weighted by Gasteiger charge is -2.36. The van der Waals surface area contributed by atoms with Crippen LogP contribution in [0.1, 0.15) is 5.76 Å². The maximum atomic E-state index is 12.8. The predicted octanol–water partition coefficient (Wildman–Crippen LogP) is 4.71. The van der Waals surface area contributed by atoms with E-state index in [-0.39, 0.29) is 16.5 Å². The summed E-state index contributed by atoms with van der Waals surface area (Å²) in [5.41, 5.74) is 2.54. The lowest BCUT2D eigenvalue weighted by molar-refractivity contribution is -0.384. The van der Waals surface area contributed by atoms with Gasteiger partial charge in [0.05, 0.1) is 18.1 Å². The van der Waals surface area contributed by atoms with Crippen molar-refractivity contribution in [1.82, 2.24) is 4.90 Å². The summed E-state index contributed by atoms with van der Waals surface area (Å²) in [5, 5.41) is 12.3. The van der Waals surface area contributed by atoms with Crippen molar-refractivity contribution in [2.75, 3.05) is 62.3 Å². The van der Waals surface area contributed by atoms with Crippen molar-refractivity contribution in [1.29, 1.82) is 0 Å². The number of morpholine rings is 1. The fourth-order valence-electron chi connectivity index (χ4n) is 4.58. The van der Waals surface area contributed by atoms with Crippen molar-refractivity contribution >= 4 is 40.6 Å². The number of furan rings is 1. The second kappa shape index (κ2) is 11.1. The van der Waals surface area contributed by atoms with Crippen LogP contribution in [0.3, 0.4) is 0 Å². The van der Waals surface area contributed by atoms with Gasteiger partial charge < -0.3 is 23.9 Å². The SMILES string of the molecule is O=C(/C=C/c1ccc(-c2ccc(Cl)cc2)o1)N1CCN(c2ccc([N+](=O)[O-])c(N3CCOCC3)c2)CC1. The monoisotopic (exact) mass is 522 g/mol. The summed E-state index contributed by atoms with van der Waals surface area (Å²) in [6.07, 6.45) is 3.21. The van der Waals surface area contributed by atoms with Crippen molar-refractivity contribution in [2.24, 2.45) is 0 Å². The molecule has 0 aliphatic carbocycles. The van der Waals surface area contributed by atoms with Gasteiger partial charge >= 0.3 is 0 Å². The molecule has 192 valence electrons. The number of nitro groups is 1. The minimum absolute atomic E-state index is 0.0817. The Labute approximate surface area is 219 Å². The number of piperazine rings is 1. The molecule has 2 aliphatic rings. The number of hydrogen-bond donors (Lipinski definition) is 0. The smallest absolute Gasteiger partial charge is 0.292 e. The summed E-state index contributed by atoms with van der Waals surface area (Å²) in [5.74, 6) is 1.22. The average molecular weight is 523 g/mol. The number of hydrogen-bond acceptors (Lipinski definition) is 7. The molecule has 1 amide bonds. The van der Waals surface area contributed by atoms with Crippen LogP contribution in [0, 0.1) is 10.1 Å². The van der Waals surface area contributed by atoms with Crippen molar-refractivity contribution in [3.63, 3.8) is 0 Å². The molecule has 0 spiro atoms. The second-order valence-corrected chi connectivity index (χ2v) is 9.32. The molecule has 2 aliphatic heterocycles. The van der Waals surface area contributed by atoms with Gasteiger partial charge in [-0.1, -0.05) is 11.6 Å². The van der Waals surface area contributed by atoms with Crippen LogP contribution in [-0.2, 0) is 9.53 Å². The number of nitrogens with zero attached hydrogens (tertiary/aromatic N) is 4. The number of rotatable bonds is 6. The molecule has 37 heavy (non-hydrogen) atoms. The Hall–Kier alpha value is -3.82. The Bertz CT molecular complexity index is 1290. The first-order valence-electron chi connectivity index (χ1n) is 12.2. The number of halogens is 1. The van der Waals surface area contributed by atoms with E-state index in [1.165, 1.54) is 6.08 Å². The van der Waals surface area contributed by atoms with Crippen molar-refractivity contribution in [2.45, 2.75) is 0 Å². The van der Waals surface area contributed by atoms with Gasteiger partial charge in [-0.15, -0.1) is 0 Å². The van der Waals surface area contributed by atoms with E-state index in [9.17, 15) is 14.9 Å². The summed E-state index contributed by atoms with van der Waals surface area (Å²) in [6, 6.07) is 16.3. The van der Waals surface area contributed by atoms with Crippen LogP contribution in [0.2, 0.25) is 5.02 Å². The van der Waals surface area contributed by atoms with Crippen LogP contribution in [0.4, 0.5) is 17.1 Å². The fourth-order valence-corrected chi connectivity index (χ4v) is 4.70. The first-order valence-corrected chi connectivity index (χ1v) is 12.5. The minimum Gasteiger partial charge on any atom is -0.457 e. The van der Waals surface area contributed by atoms with Gasteiger partial charge in [-0.2, -0.15) is 0 Å². The summed E-state index contributed by atoms with van der Waals surface area (Å²) in [7, 11) is 0. The number of ether oxygens (including phenoxy) is 1. The molecule has 0 unspecified atom stereocenters. The molecule has 1 aromatic heterocycles. The van der Waals surface area contributed by atoms with Gasteiger partial charge in [0.25, 0.3) is 5.69 Å². The molecule has 3 aromatic rings. The Morgan fingerprint density at radius 1 is 0.919 bits per heavy atom. The van der Waals surface area contributed by atoms with Gasteiger partial charge in [-0.05, 0) is 54.6 Å². The highest BCUT2D eigenvalue weighted by Crippen LogP contribution is 2.33. The summed E-state index contributed by atoms with van der Waals surface area (Å²) in [6.45, 7) is 4.74. The van der Waals surface area contributed by atoms with E-state index in [1.54, 1.807) is 35.2 Å². The van der Waals surface area contributed by atoms with Gasteiger partial charge in [0.15, 0.2) is 0 Å². The molecule has 0 radical (unpaired) electrons. The molecular weight excluding hydrogens is 496 g/mol. The van der Waals surface area contributed by atoms with Gasteiger partial charge in [0, 0.05) is 67.7 Å². The number of carbonyl (C=O) groups excluding carboxylic acids is 1. The zero-order valence-electron chi connectivity index (χ0n) is 20.2. The van der Waals surface area contributed by atoms with E-state index in [2.05, 4.69) is 4.90 Å². The Morgan fingerprint density at radius 2 is 1.65 bits per heavy atom. The molecular formula is C27H27ClN4O5. The average Bonchev–Trinajstić information content (AvgIpc) is 3.41. The van der Waals surface area contributed by atoms with Crippen molar-refractivity contribution in [3.05, 3.63) is 81.6 Å². The zero-order valence-corrected chi connectivity index (χ0v) is 21.0. The summed E-state index contributed by atoms with van der Waals surface area (Å²) < 4.78 is 11.2. The molecule has 2 fully saturated rings. The third-order valence-electron chi connectivity index (χ3n) is 6.61. The van der Waals surface area contributed by atoms with Crippen LogP contribution in [0.15, 0.2) is 65.1 Å². The Morgan fingerprint density at radius 3 is 2.35 bits per heavy atom. The van der Waals surface area contributed by atoms with E-state index in [0.717, 1.165) is 11.3 Å². The lowest BCUT2D eigenvalue weighted by Crippen LogP contribution is -2.48. The standard InChI is InChI=1S/C27H27ClN4O5/c28-21-3-1-20(2-4-21)26-9-6-23(37-26)7-10-27(33)31-13-11-29(12-14-31)22-5-8-24(32(34)35)25(19-22)30-15-17-36-18-16-30/h1-10,19H,11-18H2/b10-7+. The molecule has 2 aromatic carbocycles. The molecule has 3 heterocycles. The predicted molar refractivity (Wildman–Crippen MR) is 143 cm³/mol. The number of nitro benzene ring substituents is 1. The lowest BCUT2D eigenvalue weighted by atomic mass is 10.1. The topological polar surface area (TPSA) is 92.3 Å². The molecule has 5 rings (SSSR count). The second-order valence-electron chi connectivity index (χ2n) is 8.88. The largest absolute Gasteiger partial charge is 0.457 e. The number of carbonyl (C=O) groups is 1. The third kappa shape index (κ3) is 5.79. The van der Waals surface area contributed by atoms with Crippen LogP contribution in [-0.4, -0.2) is 68.2 Å². The molecule has 10 heteroatoms. The van der Waals surface area contributed by atoms with E-state index < -0.39 is 0 Å². The fraction of sp³-hybridized carbons (Fsp3) is 0.296. The maximum absolute atomic E-state index is 12.8. The Kier molecular flexibility index (Phi) is 7.43. The Balaban J connectivity index is 1.20. The summed E-state index contributed by atoms with van der Waals surface area (Å²) >= 11 is 5.95. The highest BCUT2D eigenvalue weighted by molar-refractivity contribution is 6.30. The third-order valence-corrected chi connectivity index (χ3v) is 6.86. The van der Waals surface area contributed by atoms with E-state index in [4.69, 9.17) is 20.8 Å². The van der Waals surface area contributed by atoms with Crippen LogP contribution in [0.25, 0.3) is 17.4 Å². The molecule has 0 atom stereocenters. The van der Waals surface area contributed by atoms with Crippen LogP contribution in [0.5, 0.6) is 0 Å². The van der Waals surface area contributed by atoms with Gasteiger partial charge in [0.2, 0.25) is 5.91 Å². The number of benzene rings is 2. The van der Waals surface area contributed by atoms with Crippen molar-refractivity contribution < 1.29 is 18.9 Å². The minimum atomic E-state index is -0.338. The summed E-state index contributed by atoms with van der Waals surface area (Å²) in [4.78, 5) is 30.0. The molecule has 0 saturated carbocycles. The molecule has 0 N–H and O–H groups in total. The zero-order chi connectivity index (χ0) is 25.8. The number of anilines is 2. The maximum Gasteiger partial charge on any atom is 0.292 e. The number of amides is 1. The first-order chi connectivity index (χ1) is 18.0. The molecule has 0 bridgehead atoms. The van der Waals surface area contributed by atoms with Gasteiger partial charge in [-0.25, -0.2) is 0 Å². The van der Waals surface area contributed by atoms with Gasteiger partial charge in [0.1, 0.15) is 17.2 Å². The quantitative estimate of drug-likeness (QED) is 0.263. The van der Waals surface area contributed by atoms with E-state index in [0.29, 0.717) is 74.7 Å². The highest BCUT2D eigenvalue weighted by atomic mass is 35.5. The van der Waals surface area contributed by atoms with E-state index in [1.807, 2.05) is 35.2 Å². The van der Waals surface area contributed by atoms with E-state index >= 15 is 0 Å². The van der Waals surface area contributed by atoms with Crippen LogP contribution < -0.4 is 9.80 Å². The van der Waals surface area contributed by atoms with Crippen molar-refractivity contribution in [3.8, 4) is 11.3 Å². The highest BCUT2D eigenvalue weighted by Gasteiger charge is 2.25. The molecule has 9 nitrogen and oxygen atoms in total. The van der Waals surface area contributed by atoms with Crippen LogP contribution >= 0.6 is 11.6 Å². The first kappa shape index (κ1) is 24.9. The normalized spacial score (nSPS) is 16.4.